The van der Waals surface area contributed by atoms with Crippen LogP contribution in [-0.2, 0) is 19.5 Å². The second-order valence-electron chi connectivity index (χ2n) is 7.75. The largest absolute Gasteiger partial charge is 0.445 e. The molecule has 1 heterocycles. The number of benzene rings is 3. The zero-order chi connectivity index (χ0) is 24.1. The third kappa shape index (κ3) is 5.33. The van der Waals surface area contributed by atoms with Gasteiger partial charge in [0.15, 0.2) is 6.10 Å². The van der Waals surface area contributed by atoms with Crippen molar-refractivity contribution in [3.8, 4) is 0 Å². The number of carbonyl (C=O) groups excluding carboxylic acids is 2. The second-order valence-corrected chi connectivity index (χ2v) is 9.31. The first kappa shape index (κ1) is 23.6. The summed E-state index contributed by atoms with van der Waals surface area (Å²) < 4.78 is 35.1. The number of Topliss-reactive ketones (excluding diaryl/α,β-unsaturated/α-hetero) is 1. The molecule has 1 atom stereocenters. The maximum atomic E-state index is 13.4. The molecule has 2 N–H and O–H groups in total. The van der Waals surface area contributed by atoms with Crippen LogP contribution in [0.15, 0.2) is 83.8 Å². The van der Waals surface area contributed by atoms with Crippen molar-refractivity contribution in [1.29, 1.82) is 0 Å². The summed E-state index contributed by atoms with van der Waals surface area (Å²) in [5.41, 5.74) is 1.38. The van der Waals surface area contributed by atoms with E-state index in [1.807, 2.05) is 4.90 Å². The fourth-order valence-corrected chi connectivity index (χ4v) is 4.30. The Bertz CT molecular complexity index is 1270. The number of hydrogen-bond acceptors (Lipinski definition) is 7. The van der Waals surface area contributed by atoms with Crippen LogP contribution in [0.25, 0.3) is 0 Å². The van der Waals surface area contributed by atoms with E-state index in [9.17, 15) is 18.0 Å². The van der Waals surface area contributed by atoms with Crippen molar-refractivity contribution >= 4 is 27.5 Å². The average molecular weight is 481 g/mol. The third-order valence-electron chi connectivity index (χ3n) is 5.49. The van der Waals surface area contributed by atoms with Crippen LogP contribution < -0.4 is 10.0 Å². The minimum absolute atomic E-state index is 0.00946. The summed E-state index contributed by atoms with van der Waals surface area (Å²) >= 11 is 0. The number of ether oxygens (including phenoxy) is 2. The van der Waals surface area contributed by atoms with Gasteiger partial charge in [0, 0.05) is 24.2 Å². The van der Waals surface area contributed by atoms with Crippen LogP contribution in [0.2, 0.25) is 0 Å². The third-order valence-corrected chi connectivity index (χ3v) is 6.40. The lowest BCUT2D eigenvalue weighted by Crippen LogP contribution is -2.37. The molecular weight excluding hydrogens is 456 g/mol. The number of rotatable bonds is 7. The lowest BCUT2D eigenvalue weighted by Gasteiger charge is -2.30. The molecular formula is C25H24N2O6S. The summed E-state index contributed by atoms with van der Waals surface area (Å²) in [7, 11) is -4.06. The molecule has 1 aliphatic rings. The first-order valence-electron chi connectivity index (χ1n) is 10.7. The van der Waals surface area contributed by atoms with Crippen molar-refractivity contribution in [2.24, 2.45) is 5.14 Å². The summed E-state index contributed by atoms with van der Waals surface area (Å²) in [5.74, 6) is -1.22. The molecule has 176 valence electrons. The van der Waals surface area contributed by atoms with Crippen molar-refractivity contribution in [2.45, 2.75) is 11.0 Å². The van der Waals surface area contributed by atoms with Crippen LogP contribution in [0, 0.1) is 0 Å². The molecule has 0 unspecified atom stereocenters. The van der Waals surface area contributed by atoms with Crippen LogP contribution >= 0.6 is 0 Å². The van der Waals surface area contributed by atoms with E-state index >= 15 is 0 Å². The van der Waals surface area contributed by atoms with Crippen molar-refractivity contribution in [3.63, 3.8) is 0 Å². The van der Waals surface area contributed by atoms with Gasteiger partial charge < -0.3 is 14.4 Å². The summed E-state index contributed by atoms with van der Waals surface area (Å²) in [6.45, 7) is 1.95. The van der Waals surface area contributed by atoms with Gasteiger partial charge in [0.2, 0.25) is 15.8 Å². The van der Waals surface area contributed by atoms with Crippen LogP contribution in [0.1, 0.15) is 32.4 Å². The number of primary sulfonamides is 1. The van der Waals surface area contributed by atoms with Gasteiger partial charge in [0.1, 0.15) is 0 Å². The minimum Gasteiger partial charge on any atom is -0.445 e. The Balaban J connectivity index is 1.74. The molecule has 3 aromatic rings. The van der Waals surface area contributed by atoms with E-state index in [1.165, 1.54) is 18.2 Å². The zero-order valence-electron chi connectivity index (χ0n) is 18.3. The van der Waals surface area contributed by atoms with Gasteiger partial charge in [-0.2, -0.15) is 0 Å². The topological polar surface area (TPSA) is 116 Å². The number of carbonyl (C=O) groups is 2. The Morgan fingerprint density at radius 2 is 1.53 bits per heavy atom. The molecule has 1 aliphatic heterocycles. The van der Waals surface area contributed by atoms with Crippen molar-refractivity contribution in [3.05, 3.63) is 95.6 Å². The molecule has 0 spiro atoms. The SMILES string of the molecule is NS(=O)(=O)c1ccc(N2CCOCC2)c(C(=O)O[C@@H](C(=O)c2ccccc2)c2ccccc2)c1. The Kier molecular flexibility index (Phi) is 7.06. The lowest BCUT2D eigenvalue weighted by molar-refractivity contribution is 0.0280. The molecule has 4 rings (SSSR count). The smallest absolute Gasteiger partial charge is 0.341 e. The van der Waals surface area contributed by atoms with E-state index in [0.29, 0.717) is 43.1 Å². The first-order valence-corrected chi connectivity index (χ1v) is 12.2. The molecule has 0 amide bonds. The van der Waals surface area contributed by atoms with E-state index < -0.39 is 27.9 Å². The lowest BCUT2D eigenvalue weighted by atomic mass is 9.99. The summed E-state index contributed by atoms with van der Waals surface area (Å²) in [6, 6.07) is 21.3. The maximum Gasteiger partial charge on any atom is 0.341 e. The fourth-order valence-electron chi connectivity index (χ4n) is 3.76. The van der Waals surface area contributed by atoms with E-state index in [-0.39, 0.29) is 10.5 Å². The standard InChI is InChI=1S/C25H24N2O6S/c26-34(30,31)20-11-12-22(27-13-15-32-16-14-27)21(17-20)25(29)33-24(19-9-5-2-6-10-19)23(28)18-7-3-1-4-8-18/h1-12,17,24H,13-16H2,(H2,26,30,31)/t24-/m1/s1. The van der Waals surface area contributed by atoms with Gasteiger partial charge in [-0.05, 0) is 18.2 Å². The average Bonchev–Trinajstić information content (AvgIpc) is 2.87. The summed E-state index contributed by atoms with van der Waals surface area (Å²) in [5, 5.41) is 5.30. The number of anilines is 1. The molecule has 3 aromatic carbocycles. The number of hydrogen-bond donors (Lipinski definition) is 1. The van der Waals surface area contributed by atoms with Crippen molar-refractivity contribution < 1.29 is 27.5 Å². The molecule has 0 bridgehead atoms. The predicted octanol–water partition coefficient (Wildman–Crippen LogP) is 2.95. The van der Waals surface area contributed by atoms with Crippen LogP contribution in [0.4, 0.5) is 5.69 Å². The van der Waals surface area contributed by atoms with Gasteiger partial charge in [-0.1, -0.05) is 60.7 Å². The molecule has 0 radical (unpaired) electrons. The number of ketones is 1. The molecule has 1 saturated heterocycles. The number of nitrogens with zero attached hydrogens (tertiary/aromatic N) is 1. The number of sulfonamides is 1. The van der Waals surface area contributed by atoms with Gasteiger partial charge in [-0.25, -0.2) is 18.4 Å². The van der Waals surface area contributed by atoms with Crippen LogP contribution in [-0.4, -0.2) is 46.5 Å². The molecule has 0 saturated carbocycles. The second kappa shape index (κ2) is 10.2. The highest BCUT2D eigenvalue weighted by atomic mass is 32.2. The molecule has 34 heavy (non-hydrogen) atoms. The Morgan fingerprint density at radius 1 is 0.912 bits per heavy atom. The highest BCUT2D eigenvalue weighted by Gasteiger charge is 2.29. The monoisotopic (exact) mass is 480 g/mol. The molecule has 1 fully saturated rings. The highest BCUT2D eigenvalue weighted by Crippen LogP contribution is 2.29. The predicted molar refractivity (Wildman–Crippen MR) is 126 cm³/mol. The summed E-state index contributed by atoms with van der Waals surface area (Å²) in [6.07, 6.45) is -1.22. The van der Waals surface area contributed by atoms with E-state index in [1.54, 1.807) is 60.7 Å². The number of esters is 1. The Hall–Kier alpha value is -3.53. The zero-order valence-corrected chi connectivity index (χ0v) is 19.1. The number of morpholine rings is 1. The van der Waals surface area contributed by atoms with E-state index in [4.69, 9.17) is 14.6 Å². The molecule has 9 heteroatoms. The Morgan fingerprint density at radius 3 is 2.15 bits per heavy atom. The van der Waals surface area contributed by atoms with Gasteiger partial charge in [0.05, 0.1) is 29.4 Å². The van der Waals surface area contributed by atoms with Crippen molar-refractivity contribution in [1.82, 2.24) is 0 Å². The Labute approximate surface area is 198 Å². The minimum atomic E-state index is -4.06. The van der Waals surface area contributed by atoms with Gasteiger partial charge in [-0.3, -0.25) is 4.79 Å². The normalized spacial score (nSPS) is 14.9. The molecule has 8 nitrogen and oxygen atoms in total. The maximum absolute atomic E-state index is 13.4. The van der Waals surface area contributed by atoms with Gasteiger partial charge in [-0.15, -0.1) is 0 Å². The highest BCUT2D eigenvalue weighted by molar-refractivity contribution is 7.89. The van der Waals surface area contributed by atoms with E-state index in [2.05, 4.69) is 0 Å². The molecule has 0 aromatic heterocycles. The first-order chi connectivity index (χ1) is 16.3. The van der Waals surface area contributed by atoms with Gasteiger partial charge in [0.25, 0.3) is 0 Å². The van der Waals surface area contributed by atoms with Gasteiger partial charge >= 0.3 is 5.97 Å². The quantitative estimate of drug-likeness (QED) is 0.408. The van der Waals surface area contributed by atoms with E-state index in [0.717, 1.165) is 0 Å². The van der Waals surface area contributed by atoms with Crippen molar-refractivity contribution in [2.75, 3.05) is 31.2 Å². The summed E-state index contributed by atoms with van der Waals surface area (Å²) in [4.78, 5) is 28.4. The van der Waals surface area contributed by atoms with Crippen LogP contribution in [0.3, 0.4) is 0 Å². The fraction of sp³-hybridized carbons (Fsp3) is 0.200. The molecule has 0 aliphatic carbocycles. The van der Waals surface area contributed by atoms with Crippen LogP contribution in [0.5, 0.6) is 0 Å². The number of nitrogens with two attached hydrogens (primary N) is 1.